The Bertz CT molecular complexity index is 1090. The fourth-order valence-corrected chi connectivity index (χ4v) is 2.69. The van der Waals surface area contributed by atoms with Crippen molar-refractivity contribution >= 4 is 23.2 Å². The summed E-state index contributed by atoms with van der Waals surface area (Å²) in [5, 5.41) is 19.9. The first kappa shape index (κ1) is 20.5. The summed E-state index contributed by atoms with van der Waals surface area (Å²) >= 11 is 0. The number of aromatic nitrogens is 2. The molecule has 0 spiro atoms. The summed E-state index contributed by atoms with van der Waals surface area (Å²) in [6.07, 6.45) is 1.55. The third kappa shape index (κ3) is 4.79. The first-order chi connectivity index (χ1) is 14.4. The normalized spacial score (nSPS) is 10.3. The molecule has 0 aliphatic carbocycles. The number of carbonyl (C=O) groups excluding carboxylic acids is 2. The number of rotatable bonds is 7. The molecule has 3 rings (SSSR count). The van der Waals surface area contributed by atoms with Crippen molar-refractivity contribution in [3.63, 3.8) is 0 Å². The van der Waals surface area contributed by atoms with Crippen LogP contribution in [0.5, 0.6) is 5.75 Å². The average Bonchev–Trinajstić information content (AvgIpc) is 3.12. The lowest BCUT2D eigenvalue weighted by Gasteiger charge is -2.09. The number of amides is 2. The summed E-state index contributed by atoms with van der Waals surface area (Å²) in [6.45, 7) is 0.176. The fraction of sp³-hybridized carbons (Fsp3) is 0.150. The molecule has 10 nitrogen and oxygen atoms in total. The van der Waals surface area contributed by atoms with E-state index < -0.39 is 16.7 Å². The number of carbonyl (C=O) groups is 2. The van der Waals surface area contributed by atoms with Crippen molar-refractivity contribution in [1.29, 1.82) is 0 Å². The van der Waals surface area contributed by atoms with E-state index in [4.69, 9.17) is 4.74 Å². The molecule has 0 atom stereocenters. The van der Waals surface area contributed by atoms with Crippen molar-refractivity contribution in [3.8, 4) is 5.75 Å². The molecule has 30 heavy (non-hydrogen) atoms. The molecule has 0 bridgehead atoms. The van der Waals surface area contributed by atoms with E-state index in [1.165, 1.54) is 36.0 Å². The number of aryl methyl sites for hydroxylation is 1. The van der Waals surface area contributed by atoms with E-state index in [0.717, 1.165) is 5.56 Å². The van der Waals surface area contributed by atoms with Gasteiger partial charge < -0.3 is 15.4 Å². The van der Waals surface area contributed by atoms with Crippen LogP contribution in [0.15, 0.2) is 54.7 Å². The van der Waals surface area contributed by atoms with Gasteiger partial charge in [0.15, 0.2) is 5.69 Å². The minimum Gasteiger partial charge on any atom is -0.489 e. The highest BCUT2D eigenvalue weighted by molar-refractivity contribution is 6.08. The van der Waals surface area contributed by atoms with E-state index >= 15 is 0 Å². The largest absolute Gasteiger partial charge is 0.489 e. The van der Waals surface area contributed by atoms with Crippen molar-refractivity contribution in [2.24, 2.45) is 7.05 Å². The molecule has 154 valence electrons. The average molecular weight is 409 g/mol. The van der Waals surface area contributed by atoms with E-state index in [-0.39, 0.29) is 18.0 Å². The Morgan fingerprint density at radius 1 is 1.17 bits per heavy atom. The molecule has 1 aromatic heterocycles. The Morgan fingerprint density at radius 3 is 2.57 bits per heavy atom. The maximum Gasteiger partial charge on any atom is 0.273 e. The first-order valence-corrected chi connectivity index (χ1v) is 8.90. The summed E-state index contributed by atoms with van der Waals surface area (Å²) in [7, 11) is 3.13. The molecule has 10 heteroatoms. The van der Waals surface area contributed by atoms with Crippen LogP contribution in [0.3, 0.4) is 0 Å². The van der Waals surface area contributed by atoms with Crippen molar-refractivity contribution in [3.05, 3.63) is 81.7 Å². The Morgan fingerprint density at radius 2 is 1.90 bits per heavy atom. The summed E-state index contributed by atoms with van der Waals surface area (Å²) in [5.41, 5.74) is 1.51. The van der Waals surface area contributed by atoms with E-state index in [1.54, 1.807) is 37.5 Å². The van der Waals surface area contributed by atoms with Gasteiger partial charge >= 0.3 is 0 Å². The van der Waals surface area contributed by atoms with Crippen LogP contribution in [0.4, 0.5) is 11.4 Å². The predicted molar refractivity (Wildman–Crippen MR) is 108 cm³/mol. The van der Waals surface area contributed by atoms with E-state index in [0.29, 0.717) is 17.0 Å². The van der Waals surface area contributed by atoms with Gasteiger partial charge in [-0.2, -0.15) is 5.10 Å². The van der Waals surface area contributed by atoms with Crippen LogP contribution in [0, 0.1) is 10.1 Å². The number of nitrogens with one attached hydrogen (secondary N) is 2. The van der Waals surface area contributed by atoms with Crippen LogP contribution in [0.25, 0.3) is 0 Å². The number of anilines is 1. The van der Waals surface area contributed by atoms with Gasteiger partial charge in [-0.15, -0.1) is 0 Å². The van der Waals surface area contributed by atoms with Gasteiger partial charge in [-0.05, 0) is 29.8 Å². The predicted octanol–water partition coefficient (Wildman–Crippen LogP) is 2.52. The molecule has 0 aliphatic rings. The van der Waals surface area contributed by atoms with Crippen LogP contribution in [-0.4, -0.2) is 33.6 Å². The summed E-state index contributed by atoms with van der Waals surface area (Å²) in [5.74, 6) is -0.331. The zero-order valence-electron chi connectivity index (χ0n) is 16.3. The van der Waals surface area contributed by atoms with Gasteiger partial charge in [0.1, 0.15) is 12.4 Å². The maximum atomic E-state index is 12.6. The number of hydrogen-bond acceptors (Lipinski definition) is 6. The first-order valence-electron chi connectivity index (χ1n) is 8.90. The standard InChI is InChI=1S/C20H19N5O5/c1-21-20(27)18-17(11-24(2)23-18)22-19(26)14-5-3-4-13(10-14)12-30-16-8-6-15(7-9-16)25(28)29/h3-11H,12H2,1-2H3,(H,21,27)(H,22,26). The molecule has 1 heterocycles. The number of nitrogens with zero attached hydrogens (tertiary/aromatic N) is 3. The highest BCUT2D eigenvalue weighted by Gasteiger charge is 2.17. The van der Waals surface area contributed by atoms with Gasteiger partial charge in [0.2, 0.25) is 0 Å². The molecule has 3 aromatic rings. The molecule has 0 radical (unpaired) electrons. The van der Waals surface area contributed by atoms with Crippen LogP contribution in [0.2, 0.25) is 0 Å². The van der Waals surface area contributed by atoms with Gasteiger partial charge in [0.25, 0.3) is 17.5 Å². The second kappa shape index (κ2) is 8.86. The maximum absolute atomic E-state index is 12.6. The topological polar surface area (TPSA) is 128 Å². The third-order valence-electron chi connectivity index (χ3n) is 4.16. The third-order valence-corrected chi connectivity index (χ3v) is 4.16. The molecule has 0 saturated heterocycles. The second-order valence-corrected chi connectivity index (χ2v) is 6.34. The van der Waals surface area contributed by atoms with Gasteiger partial charge in [0.05, 0.1) is 10.6 Å². The molecular formula is C20H19N5O5. The van der Waals surface area contributed by atoms with Crippen molar-refractivity contribution in [2.75, 3.05) is 12.4 Å². The van der Waals surface area contributed by atoms with Crippen molar-refractivity contribution < 1.29 is 19.2 Å². The zero-order chi connectivity index (χ0) is 21.7. The van der Waals surface area contributed by atoms with Gasteiger partial charge in [-0.3, -0.25) is 24.4 Å². The molecule has 2 aromatic carbocycles. The number of benzene rings is 2. The summed E-state index contributed by atoms with van der Waals surface area (Å²) in [6, 6.07) is 12.6. The van der Waals surface area contributed by atoms with Crippen LogP contribution in [0.1, 0.15) is 26.4 Å². The molecule has 0 fully saturated rings. The van der Waals surface area contributed by atoms with E-state index in [1.807, 2.05) is 0 Å². The SMILES string of the molecule is CNC(=O)c1nn(C)cc1NC(=O)c1cccc(COc2ccc([N+](=O)[O-])cc2)c1. The van der Waals surface area contributed by atoms with Crippen LogP contribution >= 0.6 is 0 Å². The highest BCUT2D eigenvalue weighted by Crippen LogP contribution is 2.19. The van der Waals surface area contributed by atoms with Gasteiger partial charge in [-0.25, -0.2) is 0 Å². The quantitative estimate of drug-likeness (QED) is 0.456. The monoisotopic (exact) mass is 409 g/mol. The zero-order valence-corrected chi connectivity index (χ0v) is 16.3. The Labute approximate surface area is 171 Å². The smallest absolute Gasteiger partial charge is 0.273 e. The molecule has 2 amide bonds. The molecule has 0 unspecified atom stereocenters. The fourth-order valence-electron chi connectivity index (χ4n) is 2.69. The van der Waals surface area contributed by atoms with E-state index in [2.05, 4.69) is 15.7 Å². The lowest BCUT2D eigenvalue weighted by atomic mass is 10.1. The van der Waals surface area contributed by atoms with E-state index in [9.17, 15) is 19.7 Å². The Balaban J connectivity index is 1.68. The number of ether oxygens (including phenoxy) is 1. The van der Waals surface area contributed by atoms with Crippen LogP contribution in [-0.2, 0) is 13.7 Å². The minimum absolute atomic E-state index is 0.0208. The Kier molecular flexibility index (Phi) is 6.06. The van der Waals surface area contributed by atoms with Crippen molar-refractivity contribution in [1.82, 2.24) is 15.1 Å². The number of hydrogen-bond donors (Lipinski definition) is 2. The molecule has 2 N–H and O–H groups in total. The van der Waals surface area contributed by atoms with Gasteiger partial charge in [0, 0.05) is 38.0 Å². The van der Waals surface area contributed by atoms with Crippen LogP contribution < -0.4 is 15.4 Å². The number of non-ortho nitro benzene ring substituents is 1. The molecule has 0 saturated carbocycles. The van der Waals surface area contributed by atoms with Gasteiger partial charge in [-0.1, -0.05) is 12.1 Å². The summed E-state index contributed by atoms with van der Waals surface area (Å²) < 4.78 is 7.07. The minimum atomic E-state index is -0.482. The summed E-state index contributed by atoms with van der Waals surface area (Å²) in [4.78, 5) is 34.8. The lowest BCUT2D eigenvalue weighted by Crippen LogP contribution is -2.21. The Hall–Kier alpha value is -4.21. The lowest BCUT2D eigenvalue weighted by molar-refractivity contribution is -0.384. The van der Waals surface area contributed by atoms with Crippen molar-refractivity contribution in [2.45, 2.75) is 6.61 Å². The molecular weight excluding hydrogens is 390 g/mol. The molecule has 0 aliphatic heterocycles. The second-order valence-electron chi connectivity index (χ2n) is 6.34. The highest BCUT2D eigenvalue weighted by atomic mass is 16.6. The number of nitro benzene ring substituents is 1. The number of nitro groups is 1.